The molecule has 1 aliphatic carbocycles. The Bertz CT molecular complexity index is 712. The number of fused-ring (bicyclic) bond motifs is 1. The third kappa shape index (κ3) is 3.63. The van der Waals surface area contributed by atoms with Crippen LogP contribution >= 0.6 is 0 Å². The number of hydrogen-bond donors (Lipinski definition) is 1. The van der Waals surface area contributed by atoms with Crippen molar-refractivity contribution in [3.8, 4) is 0 Å². The van der Waals surface area contributed by atoms with E-state index >= 15 is 0 Å². The molecule has 1 aromatic rings. The molecule has 2 aliphatic rings. The smallest absolute Gasteiger partial charge is 0.243 e. The number of rotatable bonds is 4. The molecular weight excluding hydrogens is 326 g/mol. The number of benzene rings is 1. The van der Waals surface area contributed by atoms with Crippen LogP contribution in [0.2, 0.25) is 0 Å². The number of carbonyl (C=O) groups is 1. The minimum atomic E-state index is -3.64. The fraction of sp³-hybridized carbons (Fsp3) is 0.588. The van der Waals surface area contributed by atoms with Crippen molar-refractivity contribution >= 4 is 15.9 Å². The van der Waals surface area contributed by atoms with Gasteiger partial charge in [-0.3, -0.25) is 4.79 Å². The van der Waals surface area contributed by atoms with Crippen LogP contribution in [0, 0.1) is 0 Å². The average molecular weight is 351 g/mol. The van der Waals surface area contributed by atoms with Gasteiger partial charge >= 0.3 is 0 Å². The molecule has 7 heteroatoms. The van der Waals surface area contributed by atoms with Gasteiger partial charge in [-0.2, -0.15) is 4.31 Å². The molecule has 1 saturated heterocycles. The summed E-state index contributed by atoms with van der Waals surface area (Å²) in [6.07, 6.45) is 4.22. The Labute approximate surface area is 143 Å². The first-order valence-electron chi connectivity index (χ1n) is 8.55. The van der Waals surface area contributed by atoms with E-state index in [-0.39, 0.29) is 12.5 Å². The Kier molecular flexibility index (Phi) is 5.22. The molecule has 0 spiro atoms. The second-order valence-electron chi connectivity index (χ2n) is 6.53. The zero-order chi connectivity index (χ0) is 17.2. The zero-order valence-corrected chi connectivity index (χ0v) is 14.9. The molecule has 0 radical (unpaired) electrons. The molecule has 0 aromatic heterocycles. The quantitative estimate of drug-likeness (QED) is 0.863. The normalized spacial score (nSPS) is 18.5. The number of aryl methyl sites for hydroxylation is 2. The van der Waals surface area contributed by atoms with Gasteiger partial charge in [-0.05, 0) is 48.9 Å². The van der Waals surface area contributed by atoms with Crippen molar-refractivity contribution < 1.29 is 13.2 Å². The summed E-state index contributed by atoms with van der Waals surface area (Å²) in [6.45, 7) is 2.66. The van der Waals surface area contributed by atoms with Crippen molar-refractivity contribution in [1.29, 1.82) is 0 Å². The molecule has 1 N–H and O–H groups in total. The summed E-state index contributed by atoms with van der Waals surface area (Å²) in [5.74, 6) is -0.138. The van der Waals surface area contributed by atoms with Crippen LogP contribution in [-0.4, -0.2) is 63.3 Å². The van der Waals surface area contributed by atoms with E-state index in [4.69, 9.17) is 0 Å². The van der Waals surface area contributed by atoms with Crippen LogP contribution in [0.4, 0.5) is 0 Å². The summed E-state index contributed by atoms with van der Waals surface area (Å²) in [4.78, 5) is 14.3. The largest absolute Gasteiger partial charge is 0.339 e. The summed E-state index contributed by atoms with van der Waals surface area (Å²) in [7, 11) is -2.15. The third-order valence-electron chi connectivity index (χ3n) is 4.86. The fourth-order valence-corrected chi connectivity index (χ4v) is 4.51. The van der Waals surface area contributed by atoms with Crippen molar-refractivity contribution in [2.24, 2.45) is 0 Å². The van der Waals surface area contributed by atoms with Gasteiger partial charge in [0.25, 0.3) is 0 Å². The van der Waals surface area contributed by atoms with E-state index in [1.807, 2.05) is 6.07 Å². The second-order valence-corrected chi connectivity index (χ2v) is 8.57. The van der Waals surface area contributed by atoms with Gasteiger partial charge in [0.15, 0.2) is 0 Å². The average Bonchev–Trinajstić information content (AvgIpc) is 2.61. The standard InChI is InChI=1S/C17H25N3O3S/c1-19(13-17(21)20-10-8-18-9-11-20)24(22,23)16-7-6-14-4-2-3-5-15(14)12-16/h6-7,12,18H,2-5,8-11,13H2,1H3. The maximum Gasteiger partial charge on any atom is 0.243 e. The lowest BCUT2D eigenvalue weighted by molar-refractivity contribution is -0.131. The monoisotopic (exact) mass is 351 g/mol. The van der Waals surface area contributed by atoms with Gasteiger partial charge in [-0.15, -0.1) is 0 Å². The summed E-state index contributed by atoms with van der Waals surface area (Å²) >= 11 is 0. The Hall–Kier alpha value is -1.44. The number of sulfonamides is 1. The number of likely N-dealkylation sites (N-methyl/N-ethyl adjacent to an activating group) is 1. The first-order valence-corrected chi connectivity index (χ1v) is 9.99. The Morgan fingerprint density at radius 1 is 1.17 bits per heavy atom. The van der Waals surface area contributed by atoms with E-state index in [1.54, 1.807) is 17.0 Å². The Morgan fingerprint density at radius 3 is 2.54 bits per heavy atom. The van der Waals surface area contributed by atoms with Gasteiger partial charge in [-0.1, -0.05) is 6.07 Å². The molecule has 0 unspecified atom stereocenters. The molecule has 0 bridgehead atoms. The molecule has 1 heterocycles. The van der Waals surface area contributed by atoms with Crippen molar-refractivity contribution in [3.63, 3.8) is 0 Å². The summed E-state index contributed by atoms with van der Waals surface area (Å²) in [5.41, 5.74) is 2.38. The van der Waals surface area contributed by atoms with E-state index in [0.29, 0.717) is 18.0 Å². The van der Waals surface area contributed by atoms with Gasteiger partial charge < -0.3 is 10.2 Å². The zero-order valence-electron chi connectivity index (χ0n) is 14.1. The van der Waals surface area contributed by atoms with Crippen molar-refractivity contribution in [1.82, 2.24) is 14.5 Å². The highest BCUT2D eigenvalue weighted by Crippen LogP contribution is 2.25. The lowest BCUT2D eigenvalue weighted by Crippen LogP contribution is -2.49. The van der Waals surface area contributed by atoms with Crippen LogP contribution in [-0.2, 0) is 27.7 Å². The number of amides is 1. The topological polar surface area (TPSA) is 69.7 Å². The van der Waals surface area contributed by atoms with Crippen molar-refractivity contribution in [2.75, 3.05) is 39.8 Å². The molecule has 1 amide bonds. The van der Waals surface area contributed by atoms with Crippen LogP contribution in [0.3, 0.4) is 0 Å². The summed E-state index contributed by atoms with van der Waals surface area (Å²) in [6, 6.07) is 5.38. The lowest BCUT2D eigenvalue weighted by atomic mass is 9.92. The number of piperazine rings is 1. The van der Waals surface area contributed by atoms with E-state index in [9.17, 15) is 13.2 Å². The second kappa shape index (κ2) is 7.21. The molecule has 3 rings (SSSR count). The lowest BCUT2D eigenvalue weighted by Gasteiger charge is -2.29. The van der Waals surface area contributed by atoms with E-state index in [0.717, 1.165) is 44.3 Å². The van der Waals surface area contributed by atoms with Crippen LogP contribution in [0.5, 0.6) is 0 Å². The molecule has 132 valence electrons. The molecule has 6 nitrogen and oxygen atoms in total. The Balaban J connectivity index is 1.73. The fourth-order valence-electron chi connectivity index (χ4n) is 3.34. The van der Waals surface area contributed by atoms with E-state index < -0.39 is 10.0 Å². The molecule has 1 aliphatic heterocycles. The minimum absolute atomic E-state index is 0.112. The molecule has 0 atom stereocenters. The van der Waals surface area contributed by atoms with Crippen molar-refractivity contribution in [3.05, 3.63) is 29.3 Å². The predicted octanol–water partition coefficient (Wildman–Crippen LogP) is 0.618. The number of nitrogens with zero attached hydrogens (tertiary/aromatic N) is 2. The van der Waals surface area contributed by atoms with Crippen LogP contribution in [0.15, 0.2) is 23.1 Å². The Morgan fingerprint density at radius 2 is 1.83 bits per heavy atom. The van der Waals surface area contributed by atoms with Crippen LogP contribution < -0.4 is 5.32 Å². The maximum atomic E-state index is 12.8. The van der Waals surface area contributed by atoms with Gasteiger partial charge in [0.1, 0.15) is 0 Å². The molecule has 24 heavy (non-hydrogen) atoms. The van der Waals surface area contributed by atoms with Gasteiger partial charge in [0.2, 0.25) is 15.9 Å². The molecule has 0 saturated carbocycles. The number of hydrogen-bond acceptors (Lipinski definition) is 4. The highest BCUT2D eigenvalue weighted by Gasteiger charge is 2.26. The summed E-state index contributed by atoms with van der Waals surface area (Å²) < 4.78 is 26.7. The van der Waals surface area contributed by atoms with Crippen LogP contribution in [0.1, 0.15) is 24.0 Å². The minimum Gasteiger partial charge on any atom is -0.339 e. The number of carbonyl (C=O) groups excluding carboxylic acids is 1. The number of nitrogens with one attached hydrogen (secondary N) is 1. The molecule has 1 fully saturated rings. The first-order chi connectivity index (χ1) is 11.5. The van der Waals surface area contributed by atoms with E-state index in [1.165, 1.54) is 16.9 Å². The van der Waals surface area contributed by atoms with E-state index in [2.05, 4.69) is 5.32 Å². The highest BCUT2D eigenvalue weighted by atomic mass is 32.2. The van der Waals surface area contributed by atoms with Crippen molar-refractivity contribution in [2.45, 2.75) is 30.6 Å². The third-order valence-corrected chi connectivity index (χ3v) is 6.66. The maximum absolute atomic E-state index is 12.8. The molecule has 1 aromatic carbocycles. The van der Waals surface area contributed by atoms with Gasteiger partial charge in [-0.25, -0.2) is 8.42 Å². The van der Waals surface area contributed by atoms with Crippen LogP contribution in [0.25, 0.3) is 0 Å². The summed E-state index contributed by atoms with van der Waals surface area (Å²) in [5, 5.41) is 3.18. The van der Waals surface area contributed by atoms with Gasteiger partial charge in [0.05, 0.1) is 11.4 Å². The van der Waals surface area contributed by atoms with Gasteiger partial charge in [0, 0.05) is 33.2 Å². The molecular formula is C17H25N3O3S. The highest BCUT2D eigenvalue weighted by molar-refractivity contribution is 7.89. The SMILES string of the molecule is CN(CC(=O)N1CCNCC1)S(=O)(=O)c1ccc2c(c1)CCCC2. The first kappa shape index (κ1) is 17.4. The predicted molar refractivity (Wildman–Crippen MR) is 92.3 cm³/mol.